The number of aliphatic hydroxyl groups is 2. The van der Waals surface area contributed by atoms with Gasteiger partial charge in [0.2, 0.25) is 11.6 Å². The average Bonchev–Trinajstić information content (AvgIpc) is 2.86. The molecule has 2 aromatic rings. The average molecular weight is 553 g/mol. The number of hydrogen-bond acceptors (Lipinski definition) is 6. The van der Waals surface area contributed by atoms with E-state index in [1.807, 2.05) is 52.0 Å². The largest absolute Gasteiger partial charge is 0.507 e. The summed E-state index contributed by atoms with van der Waals surface area (Å²) >= 11 is 0. The zero-order valence-corrected chi connectivity index (χ0v) is 24.6. The maximum atomic E-state index is 14.4. The molecular weight excluding hydrogens is 516 g/mol. The molecule has 3 N–H and O–H groups in total. The Hall–Kier alpha value is -3.95. The predicted molar refractivity (Wildman–Crippen MR) is 156 cm³/mol. The third kappa shape index (κ3) is 3.86. The Kier molecular flexibility index (Phi) is 6.47. The minimum absolute atomic E-state index is 0.0796. The van der Waals surface area contributed by atoms with E-state index in [4.69, 9.17) is 0 Å². The minimum atomic E-state index is -2.54. The Morgan fingerprint density at radius 2 is 1.61 bits per heavy atom. The Morgan fingerprint density at radius 1 is 0.976 bits per heavy atom. The molecule has 0 radical (unpaired) electrons. The third-order valence-corrected chi connectivity index (χ3v) is 9.59. The van der Waals surface area contributed by atoms with Crippen molar-refractivity contribution in [1.82, 2.24) is 0 Å². The first-order valence-corrected chi connectivity index (χ1v) is 14.0. The Balaban J connectivity index is 1.74. The van der Waals surface area contributed by atoms with Crippen LogP contribution in [0, 0.1) is 41.4 Å². The van der Waals surface area contributed by atoms with Crippen LogP contribution in [0.15, 0.2) is 53.1 Å². The molecule has 41 heavy (non-hydrogen) atoms. The number of phenolic OH excluding ortho intramolecular Hbond substituents is 1. The lowest BCUT2D eigenvalue weighted by Crippen LogP contribution is -2.70. The van der Waals surface area contributed by atoms with E-state index in [0.29, 0.717) is 16.7 Å². The summed E-state index contributed by atoms with van der Waals surface area (Å²) < 4.78 is 0. The molecule has 0 bridgehead atoms. The van der Waals surface area contributed by atoms with E-state index in [2.05, 4.69) is 11.8 Å². The Bertz CT molecular complexity index is 1660. The van der Waals surface area contributed by atoms with E-state index in [9.17, 15) is 29.7 Å². The summed E-state index contributed by atoms with van der Waals surface area (Å²) in [5, 5.41) is 34.7. The topological polar surface area (TPSA) is 112 Å². The van der Waals surface area contributed by atoms with Crippen LogP contribution in [0.3, 0.4) is 0 Å². The zero-order chi connectivity index (χ0) is 30.2. The second kappa shape index (κ2) is 9.29. The highest BCUT2D eigenvalue weighted by molar-refractivity contribution is 6.33. The summed E-state index contributed by atoms with van der Waals surface area (Å²) in [5.74, 6) is 2.78. The van der Waals surface area contributed by atoms with Crippen LogP contribution in [0.25, 0.3) is 5.76 Å². The highest BCUT2D eigenvalue weighted by Gasteiger charge is 2.72. The number of carbonyl (C=O) groups is 3. The van der Waals surface area contributed by atoms with Gasteiger partial charge in [-0.25, -0.2) is 0 Å². The standard InChI is InChI=1S/C35H36O6/c1-18(2)28-20(4)26(21(5)36)31(39)35(41)32(40)29-30(38)27-24(16-33(29,6)17-34(28,35)7)23(14-15-25(27)37)13-12-22-10-8-19(3)9-11-22/h8-11,14-15,18,28,37-38,41H,16-17H2,1-7H3/t28-,33+,34+,35-/m1/s1. The summed E-state index contributed by atoms with van der Waals surface area (Å²) in [6.45, 7) is 12.5. The lowest BCUT2D eigenvalue weighted by atomic mass is 9.42. The number of aryl methyl sites for hydroxylation is 1. The lowest BCUT2D eigenvalue weighted by molar-refractivity contribution is -0.180. The molecule has 2 aromatic carbocycles. The van der Waals surface area contributed by atoms with E-state index < -0.39 is 45.5 Å². The molecule has 3 aliphatic carbocycles. The van der Waals surface area contributed by atoms with Gasteiger partial charge in [0.05, 0.1) is 11.1 Å². The fourth-order valence-corrected chi connectivity index (χ4v) is 8.14. The van der Waals surface area contributed by atoms with E-state index >= 15 is 0 Å². The van der Waals surface area contributed by atoms with Crippen LogP contribution in [-0.4, -0.2) is 38.3 Å². The molecule has 0 heterocycles. The van der Waals surface area contributed by atoms with Crippen LogP contribution in [0.1, 0.15) is 75.8 Å². The van der Waals surface area contributed by atoms with Crippen molar-refractivity contribution in [2.45, 2.75) is 66.9 Å². The molecule has 1 saturated carbocycles. The number of rotatable bonds is 2. The number of hydrogen-bond donors (Lipinski definition) is 3. The van der Waals surface area contributed by atoms with Gasteiger partial charge >= 0.3 is 0 Å². The minimum Gasteiger partial charge on any atom is -0.507 e. The molecule has 6 heteroatoms. The van der Waals surface area contributed by atoms with Crippen molar-refractivity contribution < 1.29 is 29.7 Å². The van der Waals surface area contributed by atoms with Gasteiger partial charge in [-0.3, -0.25) is 14.4 Å². The van der Waals surface area contributed by atoms with Crippen molar-refractivity contribution in [2.75, 3.05) is 0 Å². The van der Waals surface area contributed by atoms with Gasteiger partial charge in [-0.05, 0) is 75.3 Å². The number of benzene rings is 2. The maximum absolute atomic E-state index is 14.4. The number of allylic oxidation sites excluding steroid dienone is 1. The highest BCUT2D eigenvalue weighted by Crippen LogP contribution is 2.65. The number of Topliss-reactive ketones (excluding diaryl/α,β-unsaturated/α-hetero) is 3. The number of ketones is 3. The SMILES string of the molecule is CC(=O)C1=C(C)[C@@H](C(C)C)[C@]2(C)C[C@]3(C)Cc4c(C#Cc5ccc(C)cc5)ccc(O)c4C(O)=C3C(=O)[C@]2(O)C1=O. The molecule has 1 fully saturated rings. The summed E-state index contributed by atoms with van der Waals surface area (Å²) in [7, 11) is 0. The van der Waals surface area contributed by atoms with E-state index in [1.54, 1.807) is 19.9 Å². The smallest absolute Gasteiger partial charge is 0.206 e. The van der Waals surface area contributed by atoms with Crippen molar-refractivity contribution in [3.63, 3.8) is 0 Å². The molecule has 0 aliphatic heterocycles. The predicted octanol–water partition coefficient (Wildman–Crippen LogP) is 5.40. The van der Waals surface area contributed by atoms with Crippen molar-refractivity contribution in [2.24, 2.45) is 22.7 Å². The van der Waals surface area contributed by atoms with Crippen molar-refractivity contribution in [3.8, 4) is 17.6 Å². The van der Waals surface area contributed by atoms with Gasteiger partial charge in [-0.1, -0.05) is 62.8 Å². The normalized spacial score (nSPS) is 29.0. The van der Waals surface area contributed by atoms with Crippen LogP contribution < -0.4 is 0 Å². The quantitative estimate of drug-likeness (QED) is 0.261. The lowest BCUT2D eigenvalue weighted by Gasteiger charge is -2.60. The molecule has 0 saturated heterocycles. The summed E-state index contributed by atoms with van der Waals surface area (Å²) in [6, 6.07) is 10.9. The summed E-state index contributed by atoms with van der Waals surface area (Å²) in [6.07, 6.45) is 0.450. The van der Waals surface area contributed by atoms with Gasteiger partial charge < -0.3 is 15.3 Å². The second-order valence-electron chi connectivity index (χ2n) is 12.9. The van der Waals surface area contributed by atoms with Gasteiger partial charge in [0.25, 0.3) is 0 Å². The Morgan fingerprint density at radius 3 is 2.20 bits per heavy atom. The van der Waals surface area contributed by atoms with Gasteiger partial charge in [-0.2, -0.15) is 0 Å². The van der Waals surface area contributed by atoms with Crippen molar-refractivity contribution in [3.05, 3.63) is 80.9 Å². The van der Waals surface area contributed by atoms with Gasteiger partial charge in [-0.15, -0.1) is 0 Å². The van der Waals surface area contributed by atoms with Crippen molar-refractivity contribution >= 4 is 23.1 Å². The molecule has 0 spiro atoms. The van der Waals surface area contributed by atoms with E-state index in [0.717, 1.165) is 11.1 Å². The number of aromatic hydroxyl groups is 1. The summed E-state index contributed by atoms with van der Waals surface area (Å²) in [4.78, 5) is 40.9. The number of carbonyl (C=O) groups excluding carboxylic acids is 3. The molecule has 4 atom stereocenters. The molecule has 212 valence electrons. The monoisotopic (exact) mass is 552 g/mol. The third-order valence-electron chi connectivity index (χ3n) is 9.59. The molecule has 3 aliphatic rings. The molecule has 5 rings (SSSR count). The van der Waals surface area contributed by atoms with E-state index in [1.165, 1.54) is 13.0 Å². The van der Waals surface area contributed by atoms with Crippen LogP contribution in [0.5, 0.6) is 5.75 Å². The first kappa shape index (κ1) is 28.6. The van der Waals surface area contributed by atoms with Crippen LogP contribution in [0.4, 0.5) is 0 Å². The Labute approximate surface area is 240 Å². The van der Waals surface area contributed by atoms with Gasteiger partial charge in [0.15, 0.2) is 11.4 Å². The van der Waals surface area contributed by atoms with Gasteiger partial charge in [0.1, 0.15) is 11.5 Å². The molecule has 6 nitrogen and oxygen atoms in total. The zero-order valence-electron chi connectivity index (χ0n) is 24.6. The first-order chi connectivity index (χ1) is 19.1. The van der Waals surface area contributed by atoms with E-state index in [-0.39, 0.29) is 41.2 Å². The molecule has 0 unspecified atom stereocenters. The number of aliphatic hydroxyl groups excluding tert-OH is 1. The van der Waals surface area contributed by atoms with Gasteiger partial charge in [0, 0.05) is 27.5 Å². The molecular formula is C35H36O6. The van der Waals surface area contributed by atoms with Crippen LogP contribution >= 0.6 is 0 Å². The number of phenols is 1. The molecule has 0 aromatic heterocycles. The number of fused-ring (bicyclic) bond motifs is 3. The van der Waals surface area contributed by atoms with Crippen molar-refractivity contribution in [1.29, 1.82) is 0 Å². The first-order valence-electron chi connectivity index (χ1n) is 14.0. The maximum Gasteiger partial charge on any atom is 0.206 e. The van der Waals surface area contributed by atoms with Crippen LogP contribution in [-0.2, 0) is 20.8 Å². The fraction of sp³-hybridized carbons (Fsp3) is 0.400. The summed E-state index contributed by atoms with van der Waals surface area (Å²) in [5.41, 5.74) is -1.21. The fourth-order valence-electron chi connectivity index (χ4n) is 8.14. The molecule has 0 amide bonds. The second-order valence-corrected chi connectivity index (χ2v) is 12.9. The highest BCUT2D eigenvalue weighted by atomic mass is 16.3. The van der Waals surface area contributed by atoms with Crippen LogP contribution in [0.2, 0.25) is 0 Å².